The predicted octanol–water partition coefficient (Wildman–Crippen LogP) is 2.29. The minimum absolute atomic E-state index is 0.0986. The Balaban J connectivity index is 2.64. The van der Waals surface area contributed by atoms with Crippen molar-refractivity contribution in [2.45, 2.75) is 25.8 Å². The minimum Gasteiger partial charge on any atom is -0.385 e. The van der Waals surface area contributed by atoms with Crippen molar-refractivity contribution in [2.75, 3.05) is 13.7 Å². The summed E-state index contributed by atoms with van der Waals surface area (Å²) in [6.07, 6.45) is 1.94. The average molecular weight is 193 g/mol. The lowest BCUT2D eigenvalue weighted by Gasteiger charge is -2.12. The topological polar surface area (TPSA) is 35.2 Å². The third-order valence-electron chi connectivity index (χ3n) is 2.42. The molecule has 0 aliphatic heterocycles. The second kappa shape index (κ2) is 5.78. The van der Waals surface area contributed by atoms with Crippen LogP contribution in [-0.2, 0) is 11.2 Å². The molecule has 14 heavy (non-hydrogen) atoms. The van der Waals surface area contributed by atoms with Gasteiger partial charge in [0.05, 0.1) is 0 Å². The third-order valence-corrected chi connectivity index (χ3v) is 2.42. The number of ether oxygens (including phenoxy) is 1. The standard InChI is InChI=1S/C12H19NO/c1-3-10-5-4-6-11(9-10)12(13)7-8-14-2/h4-6,9,12H,3,7-8,13H2,1-2H3. The monoisotopic (exact) mass is 193 g/mol. The van der Waals surface area contributed by atoms with Crippen molar-refractivity contribution < 1.29 is 4.74 Å². The molecule has 0 aromatic heterocycles. The van der Waals surface area contributed by atoms with Crippen LogP contribution in [0.25, 0.3) is 0 Å². The fraction of sp³-hybridized carbons (Fsp3) is 0.500. The van der Waals surface area contributed by atoms with E-state index in [0.717, 1.165) is 19.4 Å². The van der Waals surface area contributed by atoms with Crippen LogP contribution in [0.5, 0.6) is 0 Å². The lowest BCUT2D eigenvalue weighted by Crippen LogP contribution is -2.12. The highest BCUT2D eigenvalue weighted by atomic mass is 16.5. The maximum atomic E-state index is 6.02. The summed E-state index contributed by atoms with van der Waals surface area (Å²) < 4.78 is 5.01. The highest BCUT2D eigenvalue weighted by Crippen LogP contribution is 2.15. The molecule has 0 fully saturated rings. The molecule has 0 heterocycles. The Bertz CT molecular complexity index is 273. The van der Waals surface area contributed by atoms with Crippen molar-refractivity contribution in [1.82, 2.24) is 0 Å². The number of hydrogen-bond donors (Lipinski definition) is 1. The van der Waals surface area contributed by atoms with Crippen molar-refractivity contribution in [1.29, 1.82) is 0 Å². The van der Waals surface area contributed by atoms with Gasteiger partial charge in [-0.2, -0.15) is 0 Å². The molecule has 0 bridgehead atoms. The number of methoxy groups -OCH3 is 1. The van der Waals surface area contributed by atoms with Gasteiger partial charge < -0.3 is 10.5 Å². The van der Waals surface area contributed by atoms with Crippen LogP contribution >= 0.6 is 0 Å². The van der Waals surface area contributed by atoms with E-state index in [4.69, 9.17) is 10.5 Å². The maximum absolute atomic E-state index is 6.02. The van der Waals surface area contributed by atoms with Crippen LogP contribution < -0.4 is 5.73 Å². The Labute approximate surface area is 86.1 Å². The number of rotatable bonds is 5. The summed E-state index contributed by atoms with van der Waals surface area (Å²) in [6, 6.07) is 8.56. The molecule has 2 nitrogen and oxygen atoms in total. The van der Waals surface area contributed by atoms with Gasteiger partial charge in [-0.3, -0.25) is 0 Å². The Morgan fingerprint density at radius 3 is 2.86 bits per heavy atom. The molecule has 0 saturated carbocycles. The van der Waals surface area contributed by atoms with Crippen LogP contribution in [0.15, 0.2) is 24.3 Å². The first-order valence-electron chi connectivity index (χ1n) is 5.11. The highest BCUT2D eigenvalue weighted by Gasteiger charge is 2.05. The van der Waals surface area contributed by atoms with Crippen LogP contribution in [-0.4, -0.2) is 13.7 Å². The van der Waals surface area contributed by atoms with Gasteiger partial charge in [0.2, 0.25) is 0 Å². The lowest BCUT2D eigenvalue weighted by atomic mass is 10.0. The molecule has 2 heteroatoms. The highest BCUT2D eigenvalue weighted by molar-refractivity contribution is 5.25. The molecule has 0 amide bonds. The summed E-state index contributed by atoms with van der Waals surface area (Å²) in [5.74, 6) is 0. The first-order chi connectivity index (χ1) is 6.77. The van der Waals surface area contributed by atoms with E-state index in [2.05, 4.69) is 31.2 Å². The molecule has 1 unspecified atom stereocenters. The Morgan fingerprint density at radius 1 is 1.43 bits per heavy atom. The van der Waals surface area contributed by atoms with Crippen molar-refractivity contribution in [3.63, 3.8) is 0 Å². The van der Waals surface area contributed by atoms with E-state index in [0.29, 0.717) is 0 Å². The largest absolute Gasteiger partial charge is 0.385 e. The van der Waals surface area contributed by atoms with E-state index in [1.807, 2.05) is 0 Å². The first kappa shape index (κ1) is 11.2. The number of benzene rings is 1. The molecule has 0 aliphatic carbocycles. The Hall–Kier alpha value is -0.860. The predicted molar refractivity (Wildman–Crippen MR) is 59.2 cm³/mol. The van der Waals surface area contributed by atoms with Crippen molar-refractivity contribution in [3.05, 3.63) is 35.4 Å². The van der Waals surface area contributed by atoms with E-state index in [-0.39, 0.29) is 6.04 Å². The molecule has 0 radical (unpaired) electrons. The zero-order valence-electron chi connectivity index (χ0n) is 8.99. The van der Waals surface area contributed by atoms with Gasteiger partial charge in [-0.25, -0.2) is 0 Å². The summed E-state index contributed by atoms with van der Waals surface area (Å²) in [5, 5.41) is 0. The fourth-order valence-corrected chi connectivity index (χ4v) is 1.46. The number of nitrogens with two attached hydrogens (primary N) is 1. The van der Waals surface area contributed by atoms with Crippen molar-refractivity contribution in [3.8, 4) is 0 Å². The van der Waals surface area contributed by atoms with Gasteiger partial charge in [0.1, 0.15) is 0 Å². The van der Waals surface area contributed by atoms with Crippen LogP contribution in [0.3, 0.4) is 0 Å². The van der Waals surface area contributed by atoms with Crippen LogP contribution in [0.2, 0.25) is 0 Å². The van der Waals surface area contributed by atoms with Crippen LogP contribution in [0.1, 0.15) is 30.5 Å². The van der Waals surface area contributed by atoms with Crippen molar-refractivity contribution >= 4 is 0 Å². The molecule has 2 N–H and O–H groups in total. The molecule has 0 aliphatic rings. The van der Waals surface area contributed by atoms with E-state index >= 15 is 0 Å². The maximum Gasteiger partial charge on any atom is 0.0480 e. The second-order valence-electron chi connectivity index (χ2n) is 3.49. The molecule has 1 aromatic rings. The van der Waals surface area contributed by atoms with E-state index in [1.54, 1.807) is 7.11 Å². The van der Waals surface area contributed by atoms with Crippen molar-refractivity contribution in [2.24, 2.45) is 5.73 Å². The van der Waals surface area contributed by atoms with E-state index in [1.165, 1.54) is 11.1 Å². The van der Waals surface area contributed by atoms with Gasteiger partial charge >= 0.3 is 0 Å². The molecule has 1 aromatic carbocycles. The van der Waals surface area contributed by atoms with Gasteiger partial charge in [-0.1, -0.05) is 31.2 Å². The van der Waals surface area contributed by atoms with Gasteiger partial charge in [-0.05, 0) is 24.0 Å². The fourth-order valence-electron chi connectivity index (χ4n) is 1.46. The summed E-state index contributed by atoms with van der Waals surface area (Å²) in [6.45, 7) is 2.87. The number of hydrogen-bond acceptors (Lipinski definition) is 2. The lowest BCUT2D eigenvalue weighted by molar-refractivity contribution is 0.188. The summed E-state index contributed by atoms with van der Waals surface area (Å²) >= 11 is 0. The van der Waals surface area contributed by atoms with Crippen LogP contribution in [0.4, 0.5) is 0 Å². The zero-order valence-corrected chi connectivity index (χ0v) is 8.99. The van der Waals surface area contributed by atoms with Crippen LogP contribution in [0, 0.1) is 0 Å². The molecule has 0 saturated heterocycles. The molecular weight excluding hydrogens is 174 g/mol. The third kappa shape index (κ3) is 3.13. The van der Waals surface area contributed by atoms with Gasteiger partial charge in [0.15, 0.2) is 0 Å². The quantitative estimate of drug-likeness (QED) is 0.778. The zero-order chi connectivity index (χ0) is 10.4. The molecule has 1 atom stereocenters. The minimum atomic E-state index is 0.0986. The second-order valence-corrected chi connectivity index (χ2v) is 3.49. The summed E-state index contributed by atoms with van der Waals surface area (Å²) in [5.41, 5.74) is 8.58. The van der Waals surface area contributed by atoms with E-state index in [9.17, 15) is 0 Å². The van der Waals surface area contributed by atoms with Gasteiger partial charge in [0.25, 0.3) is 0 Å². The Kier molecular flexibility index (Phi) is 4.63. The molecule has 1 rings (SSSR count). The molecular formula is C12H19NO. The summed E-state index contributed by atoms with van der Waals surface area (Å²) in [7, 11) is 1.70. The Morgan fingerprint density at radius 2 is 2.21 bits per heavy atom. The average Bonchev–Trinajstić information content (AvgIpc) is 2.26. The molecule has 78 valence electrons. The van der Waals surface area contributed by atoms with Gasteiger partial charge in [-0.15, -0.1) is 0 Å². The summed E-state index contributed by atoms with van der Waals surface area (Å²) in [4.78, 5) is 0. The smallest absolute Gasteiger partial charge is 0.0480 e. The number of aryl methyl sites for hydroxylation is 1. The van der Waals surface area contributed by atoms with E-state index < -0.39 is 0 Å². The first-order valence-corrected chi connectivity index (χ1v) is 5.11. The SMILES string of the molecule is CCc1cccc(C(N)CCOC)c1. The molecule has 0 spiro atoms. The van der Waals surface area contributed by atoms with Gasteiger partial charge in [0, 0.05) is 19.8 Å². The normalized spacial score (nSPS) is 12.8.